The summed E-state index contributed by atoms with van der Waals surface area (Å²) in [6.45, 7) is 3.31. The van der Waals surface area contributed by atoms with Crippen LogP contribution < -0.4 is 25.0 Å². The van der Waals surface area contributed by atoms with Crippen LogP contribution in [0.25, 0.3) is 10.9 Å². The van der Waals surface area contributed by atoms with E-state index in [-0.39, 0.29) is 24.0 Å². The van der Waals surface area contributed by atoms with E-state index in [1.54, 1.807) is 14.2 Å². The lowest BCUT2D eigenvalue weighted by atomic mass is 10.1. The number of pyridine rings is 1. The number of ether oxygens (including phenoxy) is 2. The summed E-state index contributed by atoms with van der Waals surface area (Å²) in [6, 6.07) is 15.9. The SMILES string of the molecule is CCNC(=NCc1cc(N(C)C)nc2ccccc12)Nc1ccc(OC)c(OC)c1.I. The van der Waals surface area contributed by atoms with Gasteiger partial charge >= 0.3 is 0 Å². The largest absolute Gasteiger partial charge is 0.493 e. The summed E-state index contributed by atoms with van der Waals surface area (Å²) in [6.07, 6.45) is 0. The Bertz CT molecular complexity index is 1040. The number of benzene rings is 2. The van der Waals surface area contributed by atoms with Crippen molar-refractivity contribution in [1.29, 1.82) is 0 Å². The monoisotopic (exact) mass is 535 g/mol. The smallest absolute Gasteiger partial charge is 0.196 e. The van der Waals surface area contributed by atoms with Gasteiger partial charge in [0.2, 0.25) is 0 Å². The number of rotatable bonds is 7. The highest BCUT2D eigenvalue weighted by Crippen LogP contribution is 2.29. The van der Waals surface area contributed by atoms with Gasteiger partial charge in [0.05, 0.1) is 26.3 Å². The van der Waals surface area contributed by atoms with Crippen molar-refractivity contribution in [3.8, 4) is 11.5 Å². The zero-order chi connectivity index (χ0) is 21.5. The molecule has 31 heavy (non-hydrogen) atoms. The summed E-state index contributed by atoms with van der Waals surface area (Å²) < 4.78 is 10.7. The maximum absolute atomic E-state index is 5.39. The fraction of sp³-hybridized carbons (Fsp3) is 0.304. The second-order valence-electron chi connectivity index (χ2n) is 6.94. The average Bonchev–Trinajstić information content (AvgIpc) is 2.77. The van der Waals surface area contributed by atoms with Crippen LogP contribution in [0.15, 0.2) is 53.5 Å². The van der Waals surface area contributed by atoms with Crippen LogP contribution in [0, 0.1) is 0 Å². The number of halogens is 1. The molecular formula is C23H30IN5O2. The molecule has 7 nitrogen and oxygen atoms in total. The first kappa shape index (κ1) is 24.5. The number of anilines is 2. The molecule has 0 fully saturated rings. The minimum absolute atomic E-state index is 0. The molecule has 0 aliphatic heterocycles. The molecule has 1 heterocycles. The lowest BCUT2D eigenvalue weighted by molar-refractivity contribution is 0.355. The molecule has 0 bridgehead atoms. The second-order valence-corrected chi connectivity index (χ2v) is 6.94. The average molecular weight is 535 g/mol. The number of aliphatic imine (C=N–C) groups is 1. The minimum Gasteiger partial charge on any atom is -0.493 e. The molecule has 166 valence electrons. The number of aromatic nitrogens is 1. The summed E-state index contributed by atoms with van der Waals surface area (Å²) >= 11 is 0. The van der Waals surface area contributed by atoms with Crippen LogP contribution >= 0.6 is 24.0 Å². The highest BCUT2D eigenvalue weighted by atomic mass is 127. The molecule has 0 aliphatic rings. The van der Waals surface area contributed by atoms with Crippen molar-refractivity contribution >= 4 is 52.3 Å². The van der Waals surface area contributed by atoms with Crippen molar-refractivity contribution < 1.29 is 9.47 Å². The van der Waals surface area contributed by atoms with Crippen molar-refractivity contribution in [3.63, 3.8) is 0 Å². The number of hydrogen-bond donors (Lipinski definition) is 2. The van der Waals surface area contributed by atoms with Gasteiger partial charge < -0.3 is 25.0 Å². The van der Waals surface area contributed by atoms with E-state index in [0.29, 0.717) is 24.0 Å². The summed E-state index contributed by atoms with van der Waals surface area (Å²) in [4.78, 5) is 11.5. The van der Waals surface area contributed by atoms with E-state index in [1.165, 1.54) is 0 Å². The maximum atomic E-state index is 5.39. The summed E-state index contributed by atoms with van der Waals surface area (Å²) in [7, 11) is 7.23. The van der Waals surface area contributed by atoms with Gasteiger partial charge in [-0.15, -0.1) is 24.0 Å². The number of hydrogen-bond acceptors (Lipinski definition) is 5. The molecule has 1 aromatic heterocycles. The lowest BCUT2D eigenvalue weighted by Crippen LogP contribution is -2.30. The maximum Gasteiger partial charge on any atom is 0.196 e. The minimum atomic E-state index is 0. The third kappa shape index (κ3) is 6.13. The zero-order valence-corrected chi connectivity index (χ0v) is 20.9. The van der Waals surface area contributed by atoms with Gasteiger partial charge in [0.25, 0.3) is 0 Å². The topological polar surface area (TPSA) is 71.0 Å². The Hall–Kier alpha value is -2.75. The third-order valence-electron chi connectivity index (χ3n) is 4.64. The predicted molar refractivity (Wildman–Crippen MR) is 139 cm³/mol. The summed E-state index contributed by atoms with van der Waals surface area (Å²) in [5.74, 6) is 2.95. The van der Waals surface area contributed by atoms with Crippen LogP contribution in [-0.4, -0.2) is 45.8 Å². The quantitative estimate of drug-likeness (QED) is 0.264. The molecule has 3 rings (SSSR count). The Morgan fingerprint density at radius 2 is 1.77 bits per heavy atom. The molecule has 0 atom stereocenters. The summed E-state index contributed by atoms with van der Waals surface area (Å²) in [5, 5.41) is 7.74. The van der Waals surface area contributed by atoms with Crippen molar-refractivity contribution in [2.75, 3.05) is 45.1 Å². The second kappa shape index (κ2) is 11.6. The van der Waals surface area contributed by atoms with Crippen molar-refractivity contribution in [2.45, 2.75) is 13.5 Å². The molecule has 0 aliphatic carbocycles. The fourth-order valence-electron chi connectivity index (χ4n) is 3.11. The van der Waals surface area contributed by atoms with E-state index in [9.17, 15) is 0 Å². The number of fused-ring (bicyclic) bond motifs is 1. The van der Waals surface area contributed by atoms with Crippen molar-refractivity contribution in [1.82, 2.24) is 10.3 Å². The van der Waals surface area contributed by atoms with Gasteiger partial charge in [0, 0.05) is 37.8 Å². The molecule has 2 N–H and O–H groups in total. The van der Waals surface area contributed by atoms with Gasteiger partial charge in [-0.3, -0.25) is 0 Å². The molecule has 3 aromatic rings. The van der Waals surface area contributed by atoms with Gasteiger partial charge in [-0.2, -0.15) is 0 Å². The van der Waals surface area contributed by atoms with Crippen LogP contribution in [0.5, 0.6) is 11.5 Å². The Balaban J connectivity index is 0.00000341. The number of methoxy groups -OCH3 is 2. The number of nitrogens with zero attached hydrogens (tertiary/aromatic N) is 3. The molecule has 0 spiro atoms. The molecule has 0 unspecified atom stereocenters. The van der Waals surface area contributed by atoms with Crippen LogP contribution in [0.4, 0.5) is 11.5 Å². The Morgan fingerprint density at radius 3 is 2.45 bits per heavy atom. The highest BCUT2D eigenvalue weighted by Gasteiger charge is 2.09. The Labute approximate surface area is 200 Å². The molecule has 0 radical (unpaired) electrons. The predicted octanol–water partition coefficient (Wildman–Crippen LogP) is 4.51. The highest BCUT2D eigenvalue weighted by molar-refractivity contribution is 14.0. The molecule has 0 saturated heterocycles. The summed E-state index contributed by atoms with van der Waals surface area (Å²) in [5.41, 5.74) is 2.95. The fourth-order valence-corrected chi connectivity index (χ4v) is 3.11. The van der Waals surface area contributed by atoms with Crippen molar-refractivity contribution in [3.05, 3.63) is 54.1 Å². The first-order valence-corrected chi connectivity index (χ1v) is 9.89. The lowest BCUT2D eigenvalue weighted by Gasteiger charge is -2.16. The Kier molecular flexibility index (Phi) is 9.17. The molecule has 0 saturated carbocycles. The normalized spacial score (nSPS) is 10.9. The van der Waals surface area contributed by atoms with Crippen LogP contribution in [0.3, 0.4) is 0 Å². The van der Waals surface area contributed by atoms with Gasteiger partial charge in [0.15, 0.2) is 17.5 Å². The van der Waals surface area contributed by atoms with Gasteiger partial charge in [-0.25, -0.2) is 9.98 Å². The van der Waals surface area contributed by atoms with E-state index >= 15 is 0 Å². The van der Waals surface area contributed by atoms with Gasteiger partial charge in [-0.1, -0.05) is 18.2 Å². The Morgan fingerprint density at radius 1 is 1.03 bits per heavy atom. The first-order chi connectivity index (χ1) is 14.5. The molecular weight excluding hydrogens is 505 g/mol. The van der Waals surface area contributed by atoms with E-state index in [0.717, 1.165) is 34.5 Å². The number of guanidine groups is 1. The van der Waals surface area contributed by atoms with Crippen molar-refractivity contribution in [2.24, 2.45) is 4.99 Å². The number of para-hydroxylation sites is 1. The van der Waals surface area contributed by atoms with Gasteiger partial charge in [-0.05, 0) is 36.8 Å². The van der Waals surface area contributed by atoms with Crippen LogP contribution in [0.1, 0.15) is 12.5 Å². The third-order valence-corrected chi connectivity index (χ3v) is 4.64. The van der Waals surface area contributed by atoms with E-state index < -0.39 is 0 Å². The van der Waals surface area contributed by atoms with Crippen LogP contribution in [0.2, 0.25) is 0 Å². The molecule has 2 aromatic carbocycles. The van der Waals surface area contributed by atoms with E-state index in [1.807, 2.05) is 62.3 Å². The van der Waals surface area contributed by atoms with E-state index in [4.69, 9.17) is 19.5 Å². The number of nitrogens with one attached hydrogen (secondary N) is 2. The molecule has 0 amide bonds. The van der Waals surface area contributed by atoms with E-state index in [2.05, 4.69) is 22.8 Å². The first-order valence-electron chi connectivity index (χ1n) is 9.89. The molecule has 8 heteroatoms. The standard InChI is InChI=1S/C23H29N5O2.HI/c1-6-24-23(26-17-11-12-20(29-4)21(14-17)30-5)25-15-16-13-22(28(2)3)27-19-10-8-7-9-18(16)19;/h7-14H,6,15H2,1-5H3,(H2,24,25,26);1H. The van der Waals surface area contributed by atoms with Crippen LogP contribution in [-0.2, 0) is 6.54 Å². The zero-order valence-electron chi connectivity index (χ0n) is 18.6. The van der Waals surface area contributed by atoms with Gasteiger partial charge in [0.1, 0.15) is 5.82 Å².